The molecule has 0 spiro atoms. The van der Waals surface area contributed by atoms with Gasteiger partial charge in [0, 0.05) is 30.5 Å². The minimum absolute atomic E-state index is 0.0170. The molecule has 2 N–H and O–H groups in total. The minimum Gasteiger partial charge on any atom is -0.484 e. The van der Waals surface area contributed by atoms with Crippen molar-refractivity contribution in [1.82, 2.24) is 15.3 Å². The highest BCUT2D eigenvalue weighted by molar-refractivity contribution is 6.30. The summed E-state index contributed by atoms with van der Waals surface area (Å²) in [4.78, 5) is 19.7. The maximum atomic E-state index is 11.6. The van der Waals surface area contributed by atoms with Gasteiger partial charge < -0.3 is 15.4 Å². The minimum atomic E-state index is -0.161. The quantitative estimate of drug-likeness (QED) is 0.729. The highest BCUT2D eigenvalue weighted by Crippen LogP contribution is 2.15. The molecule has 0 saturated carbocycles. The monoisotopic (exact) mass is 320 g/mol. The van der Waals surface area contributed by atoms with E-state index in [1.165, 1.54) is 0 Å². The van der Waals surface area contributed by atoms with Crippen LogP contribution in [0.5, 0.6) is 5.75 Å². The molecule has 7 heteroatoms. The standard InChI is InChI=1S/C15H17ClN4O2/c16-12-3-5-13(6-4-12)22-11-14(21)17-7-1-8-18-15-19-9-2-10-20-15/h2-6,9-10H,1,7-8,11H2,(H,17,21)(H,18,19,20). The summed E-state index contributed by atoms with van der Waals surface area (Å²) < 4.78 is 5.34. The zero-order chi connectivity index (χ0) is 15.6. The van der Waals surface area contributed by atoms with E-state index in [2.05, 4.69) is 20.6 Å². The van der Waals surface area contributed by atoms with Crippen LogP contribution in [0.3, 0.4) is 0 Å². The number of nitrogens with zero attached hydrogens (tertiary/aromatic N) is 2. The van der Waals surface area contributed by atoms with Gasteiger partial charge in [0.15, 0.2) is 6.61 Å². The Morgan fingerprint density at radius 2 is 1.86 bits per heavy atom. The molecule has 0 atom stereocenters. The number of hydrogen-bond acceptors (Lipinski definition) is 5. The van der Waals surface area contributed by atoms with Gasteiger partial charge in [-0.2, -0.15) is 0 Å². The molecule has 1 aromatic carbocycles. The SMILES string of the molecule is O=C(COc1ccc(Cl)cc1)NCCCNc1ncccn1. The van der Waals surface area contributed by atoms with Gasteiger partial charge in [-0.1, -0.05) is 11.6 Å². The van der Waals surface area contributed by atoms with Crippen LogP contribution in [0, 0.1) is 0 Å². The van der Waals surface area contributed by atoms with Gasteiger partial charge in [-0.3, -0.25) is 4.79 Å². The second-order valence-electron chi connectivity index (χ2n) is 4.45. The van der Waals surface area contributed by atoms with Gasteiger partial charge in [-0.25, -0.2) is 9.97 Å². The van der Waals surface area contributed by atoms with E-state index in [0.717, 1.165) is 6.42 Å². The van der Waals surface area contributed by atoms with E-state index in [4.69, 9.17) is 16.3 Å². The maximum absolute atomic E-state index is 11.6. The van der Waals surface area contributed by atoms with Crippen LogP contribution >= 0.6 is 11.6 Å². The van der Waals surface area contributed by atoms with E-state index in [9.17, 15) is 4.79 Å². The van der Waals surface area contributed by atoms with Crippen LogP contribution in [0.4, 0.5) is 5.95 Å². The number of ether oxygens (including phenoxy) is 1. The van der Waals surface area contributed by atoms with Gasteiger partial charge in [0.2, 0.25) is 5.95 Å². The Hall–Kier alpha value is -2.34. The van der Waals surface area contributed by atoms with Crippen molar-refractivity contribution in [3.63, 3.8) is 0 Å². The van der Waals surface area contributed by atoms with Crippen LogP contribution in [0.2, 0.25) is 5.02 Å². The van der Waals surface area contributed by atoms with Gasteiger partial charge in [0.25, 0.3) is 5.91 Å². The number of hydrogen-bond donors (Lipinski definition) is 2. The molecule has 0 radical (unpaired) electrons. The zero-order valence-corrected chi connectivity index (χ0v) is 12.7. The normalized spacial score (nSPS) is 10.0. The Morgan fingerprint density at radius 3 is 2.59 bits per heavy atom. The van der Waals surface area contributed by atoms with E-state index in [0.29, 0.717) is 29.8 Å². The lowest BCUT2D eigenvalue weighted by atomic mass is 10.3. The fourth-order valence-electron chi connectivity index (χ4n) is 1.64. The van der Waals surface area contributed by atoms with Crippen molar-refractivity contribution in [3.05, 3.63) is 47.7 Å². The summed E-state index contributed by atoms with van der Waals surface area (Å²) in [5.74, 6) is 1.04. The van der Waals surface area contributed by atoms with Crippen LogP contribution in [0.15, 0.2) is 42.7 Å². The largest absolute Gasteiger partial charge is 0.484 e. The molecule has 22 heavy (non-hydrogen) atoms. The van der Waals surface area contributed by atoms with Crippen LogP contribution in [0.25, 0.3) is 0 Å². The molecule has 0 aliphatic carbocycles. The Labute approximate surface area is 133 Å². The first-order chi connectivity index (χ1) is 10.7. The van der Waals surface area contributed by atoms with Gasteiger partial charge >= 0.3 is 0 Å². The third-order valence-corrected chi connectivity index (χ3v) is 2.96. The molecule has 0 unspecified atom stereocenters. The molecule has 0 aliphatic rings. The average molecular weight is 321 g/mol. The average Bonchev–Trinajstić information content (AvgIpc) is 2.55. The first kappa shape index (κ1) is 16.0. The Balaban J connectivity index is 1.55. The van der Waals surface area contributed by atoms with Crippen molar-refractivity contribution in [2.45, 2.75) is 6.42 Å². The summed E-state index contributed by atoms with van der Waals surface area (Å²) in [6, 6.07) is 8.63. The molecule has 1 aromatic heterocycles. The topological polar surface area (TPSA) is 76.1 Å². The van der Waals surface area contributed by atoms with Gasteiger partial charge in [-0.15, -0.1) is 0 Å². The van der Waals surface area contributed by atoms with E-state index in [1.54, 1.807) is 42.7 Å². The molecule has 6 nitrogen and oxygen atoms in total. The number of carbonyl (C=O) groups excluding carboxylic acids is 1. The number of aromatic nitrogens is 2. The van der Waals surface area contributed by atoms with Crippen molar-refractivity contribution in [3.8, 4) is 5.75 Å². The van der Waals surface area contributed by atoms with Crippen LogP contribution in [-0.4, -0.2) is 35.6 Å². The second-order valence-corrected chi connectivity index (χ2v) is 4.88. The van der Waals surface area contributed by atoms with Crippen molar-refractivity contribution in [1.29, 1.82) is 0 Å². The molecular weight excluding hydrogens is 304 g/mol. The number of amides is 1. The first-order valence-electron chi connectivity index (χ1n) is 6.90. The summed E-state index contributed by atoms with van der Waals surface area (Å²) in [5.41, 5.74) is 0. The fraction of sp³-hybridized carbons (Fsp3) is 0.267. The molecule has 0 aliphatic heterocycles. The lowest BCUT2D eigenvalue weighted by Gasteiger charge is -2.08. The second kappa shape index (κ2) is 8.84. The summed E-state index contributed by atoms with van der Waals surface area (Å²) in [6.45, 7) is 1.22. The molecular formula is C15H17ClN4O2. The molecule has 1 amide bonds. The van der Waals surface area contributed by atoms with E-state index in [1.807, 2.05) is 0 Å². The van der Waals surface area contributed by atoms with Gasteiger partial charge in [0.1, 0.15) is 5.75 Å². The maximum Gasteiger partial charge on any atom is 0.257 e. The third-order valence-electron chi connectivity index (χ3n) is 2.71. The summed E-state index contributed by atoms with van der Waals surface area (Å²) in [5, 5.41) is 6.48. The fourth-order valence-corrected chi connectivity index (χ4v) is 1.76. The Morgan fingerprint density at radius 1 is 1.14 bits per heavy atom. The molecule has 0 fully saturated rings. The Kier molecular flexibility index (Phi) is 6.44. The smallest absolute Gasteiger partial charge is 0.257 e. The molecule has 0 bridgehead atoms. The van der Waals surface area contributed by atoms with Gasteiger partial charge in [-0.05, 0) is 36.8 Å². The first-order valence-corrected chi connectivity index (χ1v) is 7.28. The van der Waals surface area contributed by atoms with Crippen LogP contribution in [-0.2, 0) is 4.79 Å². The molecule has 0 saturated heterocycles. The highest BCUT2D eigenvalue weighted by atomic mass is 35.5. The van der Waals surface area contributed by atoms with E-state index >= 15 is 0 Å². The lowest BCUT2D eigenvalue weighted by molar-refractivity contribution is -0.123. The number of rotatable bonds is 8. The lowest BCUT2D eigenvalue weighted by Crippen LogP contribution is -2.30. The molecule has 116 valence electrons. The molecule has 1 heterocycles. The summed E-state index contributed by atoms with van der Waals surface area (Å²) in [6.07, 6.45) is 4.11. The number of nitrogens with one attached hydrogen (secondary N) is 2. The van der Waals surface area contributed by atoms with E-state index < -0.39 is 0 Å². The third kappa shape index (κ3) is 5.97. The summed E-state index contributed by atoms with van der Waals surface area (Å²) in [7, 11) is 0. The van der Waals surface area contributed by atoms with E-state index in [-0.39, 0.29) is 12.5 Å². The van der Waals surface area contributed by atoms with Crippen molar-refractivity contribution >= 4 is 23.5 Å². The highest BCUT2D eigenvalue weighted by Gasteiger charge is 2.02. The number of halogens is 1. The van der Waals surface area contributed by atoms with Crippen molar-refractivity contribution < 1.29 is 9.53 Å². The molecule has 2 rings (SSSR count). The zero-order valence-electron chi connectivity index (χ0n) is 12.0. The predicted molar refractivity (Wildman–Crippen MR) is 85.1 cm³/mol. The van der Waals surface area contributed by atoms with Gasteiger partial charge in [0.05, 0.1) is 0 Å². The number of carbonyl (C=O) groups is 1. The number of benzene rings is 1. The number of anilines is 1. The predicted octanol–water partition coefficient (Wildman–Crippen LogP) is 2.13. The van der Waals surface area contributed by atoms with Crippen molar-refractivity contribution in [2.24, 2.45) is 0 Å². The van der Waals surface area contributed by atoms with Crippen molar-refractivity contribution in [2.75, 3.05) is 25.0 Å². The van der Waals surface area contributed by atoms with Crippen LogP contribution < -0.4 is 15.4 Å². The van der Waals surface area contributed by atoms with Crippen LogP contribution in [0.1, 0.15) is 6.42 Å². The Bertz CT molecular complexity index is 578. The molecule has 2 aromatic rings. The summed E-state index contributed by atoms with van der Waals surface area (Å²) >= 11 is 5.77.